The fourth-order valence-electron chi connectivity index (χ4n) is 5.66. The lowest BCUT2D eigenvalue weighted by Crippen LogP contribution is -2.49. The van der Waals surface area contributed by atoms with Crippen LogP contribution >= 0.6 is 0 Å². The zero-order valence-electron chi connectivity index (χ0n) is 11.1. The summed E-state index contributed by atoms with van der Waals surface area (Å²) in [5, 5.41) is 0. The number of hydrogen-bond acceptors (Lipinski definition) is 1. The molecule has 96 valence electrons. The van der Waals surface area contributed by atoms with E-state index in [1.807, 2.05) is 0 Å². The van der Waals surface area contributed by atoms with Crippen molar-refractivity contribution in [1.29, 1.82) is 0 Å². The van der Waals surface area contributed by atoms with E-state index in [1.54, 1.807) is 5.56 Å². The Balaban J connectivity index is 1.79. The number of nitrogens with two attached hydrogens (primary N) is 1. The van der Waals surface area contributed by atoms with Crippen LogP contribution < -0.4 is 5.73 Å². The molecule has 0 radical (unpaired) electrons. The average molecular weight is 241 g/mol. The third kappa shape index (κ3) is 1.50. The van der Waals surface area contributed by atoms with E-state index in [2.05, 4.69) is 24.3 Å². The Morgan fingerprint density at radius 2 is 1.50 bits per heavy atom. The fourth-order valence-corrected chi connectivity index (χ4v) is 5.66. The summed E-state index contributed by atoms with van der Waals surface area (Å²) in [7, 11) is 0. The molecule has 4 aliphatic carbocycles. The van der Waals surface area contributed by atoms with Crippen LogP contribution in [-0.2, 0) is 12.0 Å². The van der Waals surface area contributed by atoms with E-state index in [-0.39, 0.29) is 0 Å². The number of benzene rings is 1. The van der Waals surface area contributed by atoms with Gasteiger partial charge in [0.1, 0.15) is 0 Å². The van der Waals surface area contributed by atoms with E-state index in [9.17, 15) is 0 Å². The van der Waals surface area contributed by atoms with Crippen LogP contribution in [-0.4, -0.2) is 0 Å². The second kappa shape index (κ2) is 3.84. The molecule has 0 aliphatic heterocycles. The molecule has 4 saturated carbocycles. The maximum atomic E-state index is 5.97. The topological polar surface area (TPSA) is 26.0 Å². The molecule has 0 unspecified atom stereocenters. The zero-order valence-corrected chi connectivity index (χ0v) is 11.1. The number of rotatable bonds is 2. The van der Waals surface area contributed by atoms with Gasteiger partial charge in [-0.25, -0.2) is 0 Å². The predicted molar refractivity (Wildman–Crippen MR) is 74.2 cm³/mol. The lowest BCUT2D eigenvalue weighted by molar-refractivity contribution is -0.00557. The highest BCUT2D eigenvalue weighted by atomic mass is 14.6. The van der Waals surface area contributed by atoms with Crippen LogP contribution in [0.3, 0.4) is 0 Å². The van der Waals surface area contributed by atoms with Crippen LogP contribution in [0.4, 0.5) is 0 Å². The normalized spacial score (nSPS) is 41.3. The van der Waals surface area contributed by atoms with Gasteiger partial charge in [-0.2, -0.15) is 0 Å². The Morgan fingerprint density at radius 1 is 0.944 bits per heavy atom. The Hall–Kier alpha value is -0.820. The lowest BCUT2D eigenvalue weighted by Gasteiger charge is -2.57. The number of hydrogen-bond donors (Lipinski definition) is 1. The van der Waals surface area contributed by atoms with Crippen molar-refractivity contribution in [3.05, 3.63) is 35.4 Å². The van der Waals surface area contributed by atoms with Gasteiger partial charge < -0.3 is 5.73 Å². The molecule has 0 saturated heterocycles. The van der Waals surface area contributed by atoms with Gasteiger partial charge in [0.15, 0.2) is 0 Å². The summed E-state index contributed by atoms with van der Waals surface area (Å²) in [4.78, 5) is 0. The highest BCUT2D eigenvalue weighted by Gasteiger charge is 2.51. The second-order valence-corrected chi connectivity index (χ2v) is 7.06. The molecule has 0 spiro atoms. The average Bonchev–Trinajstić information content (AvgIpc) is 2.37. The molecule has 4 aliphatic rings. The zero-order chi connectivity index (χ0) is 12.2. The Kier molecular flexibility index (Phi) is 2.35. The Bertz CT molecular complexity index is 427. The van der Waals surface area contributed by atoms with Crippen molar-refractivity contribution in [2.24, 2.45) is 23.5 Å². The van der Waals surface area contributed by atoms with Crippen molar-refractivity contribution in [2.45, 2.75) is 50.5 Å². The molecule has 1 heteroatoms. The summed E-state index contributed by atoms with van der Waals surface area (Å²) >= 11 is 0. The quantitative estimate of drug-likeness (QED) is 0.841. The van der Waals surface area contributed by atoms with Crippen LogP contribution in [0.15, 0.2) is 24.3 Å². The van der Waals surface area contributed by atoms with Gasteiger partial charge in [-0.15, -0.1) is 0 Å². The van der Waals surface area contributed by atoms with Gasteiger partial charge in [-0.05, 0) is 72.8 Å². The summed E-state index contributed by atoms with van der Waals surface area (Å²) in [6.45, 7) is 0.706. The van der Waals surface area contributed by atoms with Crippen LogP contribution in [0.2, 0.25) is 0 Å². The molecule has 0 amide bonds. The maximum absolute atomic E-state index is 5.97. The highest BCUT2D eigenvalue weighted by Crippen LogP contribution is 2.61. The minimum atomic E-state index is 0.505. The minimum absolute atomic E-state index is 0.505. The fraction of sp³-hybridized carbons (Fsp3) is 0.647. The van der Waals surface area contributed by atoms with E-state index < -0.39 is 0 Å². The first kappa shape index (κ1) is 11.0. The van der Waals surface area contributed by atoms with Crippen LogP contribution in [0.1, 0.15) is 49.7 Å². The third-order valence-corrected chi connectivity index (χ3v) is 5.85. The van der Waals surface area contributed by atoms with Crippen molar-refractivity contribution in [2.75, 3.05) is 0 Å². The van der Waals surface area contributed by atoms with Crippen LogP contribution in [0.25, 0.3) is 0 Å². The molecule has 2 N–H and O–H groups in total. The van der Waals surface area contributed by atoms with Gasteiger partial charge in [-0.1, -0.05) is 24.3 Å². The van der Waals surface area contributed by atoms with Gasteiger partial charge in [0.25, 0.3) is 0 Å². The SMILES string of the molecule is NCc1ccccc1C12CC3CC(CC(C3)C1)C2. The van der Waals surface area contributed by atoms with Crippen molar-refractivity contribution in [3.8, 4) is 0 Å². The van der Waals surface area contributed by atoms with Crippen LogP contribution in [0.5, 0.6) is 0 Å². The molecular weight excluding hydrogens is 218 g/mol. The standard InChI is InChI=1S/C17H23N/c18-11-15-3-1-2-4-16(15)17-8-12-5-13(9-17)7-14(6-12)10-17/h1-4,12-14H,5-11,18H2. The summed E-state index contributed by atoms with van der Waals surface area (Å²) in [5.74, 6) is 3.05. The molecule has 5 rings (SSSR count). The van der Waals surface area contributed by atoms with Crippen molar-refractivity contribution in [1.82, 2.24) is 0 Å². The summed E-state index contributed by atoms with van der Waals surface area (Å²) < 4.78 is 0. The first-order chi connectivity index (χ1) is 8.79. The van der Waals surface area contributed by atoms with E-state index in [4.69, 9.17) is 5.73 Å². The second-order valence-electron chi connectivity index (χ2n) is 7.06. The van der Waals surface area contributed by atoms with E-state index in [0.717, 1.165) is 17.8 Å². The molecule has 1 nitrogen and oxygen atoms in total. The molecule has 1 aromatic rings. The summed E-state index contributed by atoms with van der Waals surface area (Å²) in [6.07, 6.45) is 8.88. The van der Waals surface area contributed by atoms with Gasteiger partial charge >= 0.3 is 0 Å². The molecule has 0 aromatic heterocycles. The van der Waals surface area contributed by atoms with E-state index in [0.29, 0.717) is 12.0 Å². The summed E-state index contributed by atoms with van der Waals surface area (Å²) in [5.41, 5.74) is 9.48. The molecule has 4 bridgehead atoms. The first-order valence-electron chi connectivity index (χ1n) is 7.57. The van der Waals surface area contributed by atoms with E-state index >= 15 is 0 Å². The largest absolute Gasteiger partial charge is 0.326 e. The molecule has 1 aromatic carbocycles. The van der Waals surface area contributed by atoms with Gasteiger partial charge in [0.05, 0.1) is 0 Å². The van der Waals surface area contributed by atoms with E-state index in [1.165, 1.54) is 44.1 Å². The highest BCUT2D eigenvalue weighted by molar-refractivity contribution is 5.36. The monoisotopic (exact) mass is 241 g/mol. The molecule has 4 fully saturated rings. The lowest BCUT2D eigenvalue weighted by atomic mass is 9.47. The maximum Gasteiger partial charge on any atom is 0.0181 e. The Labute approximate surface area is 110 Å². The summed E-state index contributed by atoms with van der Waals surface area (Å²) in [6, 6.07) is 8.97. The van der Waals surface area contributed by atoms with Gasteiger partial charge in [-0.3, -0.25) is 0 Å². The Morgan fingerprint density at radius 3 is 2.06 bits per heavy atom. The molecular formula is C17H23N. The van der Waals surface area contributed by atoms with Crippen LogP contribution in [0, 0.1) is 17.8 Å². The minimum Gasteiger partial charge on any atom is -0.326 e. The van der Waals surface area contributed by atoms with Gasteiger partial charge in [0, 0.05) is 6.54 Å². The third-order valence-electron chi connectivity index (χ3n) is 5.85. The van der Waals surface area contributed by atoms with Gasteiger partial charge in [0.2, 0.25) is 0 Å². The van der Waals surface area contributed by atoms with Crippen molar-refractivity contribution in [3.63, 3.8) is 0 Å². The smallest absolute Gasteiger partial charge is 0.0181 e. The van der Waals surface area contributed by atoms with Crippen molar-refractivity contribution < 1.29 is 0 Å². The predicted octanol–water partition coefficient (Wildman–Crippen LogP) is 3.61. The first-order valence-corrected chi connectivity index (χ1v) is 7.57. The molecule has 0 atom stereocenters. The van der Waals surface area contributed by atoms with Crippen molar-refractivity contribution >= 4 is 0 Å². The molecule has 0 heterocycles. The molecule has 18 heavy (non-hydrogen) atoms.